The van der Waals surface area contributed by atoms with Gasteiger partial charge < -0.3 is 15.1 Å². The van der Waals surface area contributed by atoms with Gasteiger partial charge in [-0.15, -0.1) is 0 Å². The molecule has 104 valence electrons. The lowest BCUT2D eigenvalue weighted by atomic mass is 9.99. The number of rotatable bonds is 2. The highest BCUT2D eigenvalue weighted by Crippen LogP contribution is 2.19. The van der Waals surface area contributed by atoms with Gasteiger partial charge in [0.05, 0.1) is 0 Å². The van der Waals surface area contributed by atoms with Crippen molar-refractivity contribution in [2.75, 3.05) is 32.7 Å². The van der Waals surface area contributed by atoms with E-state index in [9.17, 15) is 4.79 Å². The molecule has 2 rings (SSSR count). The normalized spacial score (nSPS) is 23.4. The molecule has 0 aromatic rings. The summed E-state index contributed by atoms with van der Waals surface area (Å²) >= 11 is 0. The summed E-state index contributed by atoms with van der Waals surface area (Å²) in [4.78, 5) is 16.5. The minimum absolute atomic E-state index is 0.275. The lowest BCUT2D eigenvalue weighted by Crippen LogP contribution is -2.51. The molecular formula is C14H27N3O. The predicted octanol–water partition coefficient (Wildman–Crippen LogP) is 1.91. The predicted molar refractivity (Wildman–Crippen MR) is 73.6 cm³/mol. The van der Waals surface area contributed by atoms with Crippen molar-refractivity contribution in [1.29, 1.82) is 0 Å². The zero-order valence-electron chi connectivity index (χ0n) is 11.8. The van der Waals surface area contributed by atoms with Gasteiger partial charge in [-0.3, -0.25) is 0 Å². The van der Waals surface area contributed by atoms with E-state index in [4.69, 9.17) is 0 Å². The molecule has 0 aliphatic carbocycles. The minimum atomic E-state index is 0.275. The Labute approximate surface area is 111 Å². The maximum Gasteiger partial charge on any atom is 0.319 e. The Morgan fingerprint density at radius 1 is 1.06 bits per heavy atom. The van der Waals surface area contributed by atoms with Crippen molar-refractivity contribution >= 4 is 6.03 Å². The van der Waals surface area contributed by atoms with E-state index < -0.39 is 0 Å². The molecule has 2 saturated heterocycles. The second-order valence-corrected chi connectivity index (χ2v) is 5.77. The maximum atomic E-state index is 12.4. The first-order valence-electron chi connectivity index (χ1n) is 7.48. The molecule has 2 aliphatic heterocycles. The van der Waals surface area contributed by atoms with Crippen LogP contribution >= 0.6 is 0 Å². The van der Waals surface area contributed by atoms with Gasteiger partial charge in [0, 0.05) is 32.2 Å². The Bertz CT molecular complexity index is 266. The largest absolute Gasteiger partial charge is 0.325 e. The van der Waals surface area contributed by atoms with E-state index in [0.29, 0.717) is 6.04 Å². The molecule has 2 aliphatic rings. The van der Waals surface area contributed by atoms with Crippen LogP contribution in [0.25, 0.3) is 0 Å². The van der Waals surface area contributed by atoms with Crippen LogP contribution in [0.2, 0.25) is 0 Å². The van der Waals surface area contributed by atoms with Crippen LogP contribution in [0, 0.1) is 5.92 Å². The van der Waals surface area contributed by atoms with Gasteiger partial charge in [-0.2, -0.15) is 0 Å². The Morgan fingerprint density at radius 3 is 2.06 bits per heavy atom. The first-order valence-corrected chi connectivity index (χ1v) is 7.48. The third-order valence-corrected chi connectivity index (χ3v) is 4.31. The number of carbonyl (C=O) groups is 1. The van der Waals surface area contributed by atoms with Crippen molar-refractivity contribution in [2.45, 2.75) is 45.6 Å². The lowest BCUT2D eigenvalue weighted by Gasteiger charge is -2.38. The van der Waals surface area contributed by atoms with E-state index in [-0.39, 0.29) is 6.03 Å². The van der Waals surface area contributed by atoms with Gasteiger partial charge in [0.15, 0.2) is 0 Å². The van der Waals surface area contributed by atoms with Gasteiger partial charge in [0.2, 0.25) is 0 Å². The average molecular weight is 253 g/mol. The van der Waals surface area contributed by atoms with Crippen molar-refractivity contribution in [2.24, 2.45) is 5.92 Å². The van der Waals surface area contributed by atoms with Crippen LogP contribution in [-0.4, -0.2) is 54.6 Å². The van der Waals surface area contributed by atoms with E-state index >= 15 is 0 Å². The van der Waals surface area contributed by atoms with E-state index in [1.54, 1.807) is 0 Å². The fourth-order valence-corrected chi connectivity index (χ4v) is 2.96. The van der Waals surface area contributed by atoms with Crippen molar-refractivity contribution < 1.29 is 4.79 Å². The van der Waals surface area contributed by atoms with Crippen LogP contribution in [0.15, 0.2) is 0 Å². The summed E-state index contributed by atoms with van der Waals surface area (Å²) in [6.45, 7) is 9.20. The zero-order chi connectivity index (χ0) is 13.0. The summed E-state index contributed by atoms with van der Waals surface area (Å²) < 4.78 is 0. The Hall–Kier alpha value is -0.770. The highest BCUT2D eigenvalue weighted by atomic mass is 16.2. The van der Waals surface area contributed by atoms with Crippen LogP contribution in [-0.2, 0) is 0 Å². The van der Waals surface area contributed by atoms with Crippen molar-refractivity contribution in [1.82, 2.24) is 15.1 Å². The van der Waals surface area contributed by atoms with Gasteiger partial charge in [-0.05, 0) is 38.1 Å². The fraction of sp³-hybridized carbons (Fsp3) is 0.929. The summed E-state index contributed by atoms with van der Waals surface area (Å²) in [5.41, 5.74) is 0. The van der Waals surface area contributed by atoms with Gasteiger partial charge >= 0.3 is 6.03 Å². The van der Waals surface area contributed by atoms with Crippen molar-refractivity contribution in [3.8, 4) is 0 Å². The molecule has 2 amide bonds. The molecular weight excluding hydrogens is 226 g/mol. The van der Waals surface area contributed by atoms with Crippen molar-refractivity contribution in [3.05, 3.63) is 0 Å². The smallest absolute Gasteiger partial charge is 0.319 e. The van der Waals surface area contributed by atoms with Gasteiger partial charge in [-0.1, -0.05) is 13.8 Å². The minimum Gasteiger partial charge on any atom is -0.325 e. The first kappa shape index (κ1) is 13.7. The molecule has 0 aromatic heterocycles. The number of carbonyl (C=O) groups excluding carboxylic acids is 1. The zero-order valence-corrected chi connectivity index (χ0v) is 11.8. The van der Waals surface area contributed by atoms with Gasteiger partial charge in [0.25, 0.3) is 0 Å². The molecule has 2 heterocycles. The standard InChI is InChI=1S/C14H27N3O/c1-3-15-13-6-10-17(11-7-13)14(18)16-8-4-12(2)5-9-16/h12-13,15H,3-11H2,1-2H3. The number of amides is 2. The maximum absolute atomic E-state index is 12.4. The molecule has 2 fully saturated rings. The van der Waals surface area contributed by atoms with Crippen LogP contribution in [0.5, 0.6) is 0 Å². The number of nitrogens with one attached hydrogen (secondary N) is 1. The number of hydrogen-bond acceptors (Lipinski definition) is 2. The van der Waals surface area contributed by atoms with Crippen molar-refractivity contribution in [3.63, 3.8) is 0 Å². The molecule has 1 N–H and O–H groups in total. The van der Waals surface area contributed by atoms with E-state index in [0.717, 1.165) is 51.5 Å². The third kappa shape index (κ3) is 3.37. The average Bonchev–Trinajstić information content (AvgIpc) is 2.40. The van der Waals surface area contributed by atoms with Crippen LogP contribution in [0.4, 0.5) is 4.79 Å². The number of likely N-dealkylation sites (tertiary alicyclic amines) is 2. The summed E-state index contributed by atoms with van der Waals surface area (Å²) in [7, 11) is 0. The fourth-order valence-electron chi connectivity index (χ4n) is 2.96. The second kappa shape index (κ2) is 6.41. The van der Waals surface area contributed by atoms with Gasteiger partial charge in [0.1, 0.15) is 0 Å². The number of piperidine rings is 2. The molecule has 0 spiro atoms. The Balaban J connectivity index is 1.77. The first-order chi connectivity index (χ1) is 8.70. The number of urea groups is 1. The molecule has 0 atom stereocenters. The Kier molecular flexibility index (Phi) is 4.87. The number of nitrogens with zero attached hydrogens (tertiary/aromatic N) is 2. The highest BCUT2D eigenvalue weighted by Gasteiger charge is 2.27. The van der Waals surface area contributed by atoms with Crippen LogP contribution < -0.4 is 5.32 Å². The molecule has 0 saturated carbocycles. The van der Waals surface area contributed by atoms with Crippen LogP contribution in [0.1, 0.15) is 39.5 Å². The molecule has 0 bridgehead atoms. The SMILES string of the molecule is CCNC1CCN(C(=O)N2CCC(C)CC2)CC1. The summed E-state index contributed by atoms with van der Waals surface area (Å²) in [5.74, 6) is 0.786. The van der Waals surface area contributed by atoms with E-state index in [1.165, 1.54) is 12.8 Å². The summed E-state index contributed by atoms with van der Waals surface area (Å²) in [6.07, 6.45) is 4.53. The monoisotopic (exact) mass is 253 g/mol. The molecule has 0 unspecified atom stereocenters. The summed E-state index contributed by atoms with van der Waals surface area (Å²) in [6, 6.07) is 0.886. The molecule has 0 radical (unpaired) electrons. The quantitative estimate of drug-likeness (QED) is 0.816. The van der Waals surface area contributed by atoms with E-state index in [1.807, 2.05) is 9.80 Å². The molecule has 4 nitrogen and oxygen atoms in total. The second-order valence-electron chi connectivity index (χ2n) is 5.77. The topological polar surface area (TPSA) is 35.6 Å². The molecule has 0 aromatic carbocycles. The lowest BCUT2D eigenvalue weighted by molar-refractivity contribution is 0.122. The van der Waals surface area contributed by atoms with Gasteiger partial charge in [-0.25, -0.2) is 4.79 Å². The Morgan fingerprint density at radius 2 is 1.56 bits per heavy atom. The highest BCUT2D eigenvalue weighted by molar-refractivity contribution is 5.74. The van der Waals surface area contributed by atoms with E-state index in [2.05, 4.69) is 19.2 Å². The molecule has 18 heavy (non-hydrogen) atoms. The molecule has 4 heteroatoms. The number of hydrogen-bond donors (Lipinski definition) is 1. The van der Waals surface area contributed by atoms with Crippen LogP contribution in [0.3, 0.4) is 0 Å². The summed E-state index contributed by atoms with van der Waals surface area (Å²) in [5, 5.41) is 3.48. The third-order valence-electron chi connectivity index (χ3n) is 4.31.